The van der Waals surface area contributed by atoms with E-state index in [1.165, 1.54) is 12.8 Å². The Morgan fingerprint density at radius 1 is 1.06 bits per heavy atom. The average Bonchev–Trinajstić information content (AvgIpc) is 3.39. The van der Waals surface area contributed by atoms with Crippen LogP contribution in [-0.2, 0) is 11.2 Å². The smallest absolute Gasteiger partial charge is 0.253 e. The van der Waals surface area contributed by atoms with Crippen LogP contribution in [-0.4, -0.2) is 72.5 Å². The van der Waals surface area contributed by atoms with Crippen LogP contribution in [0.3, 0.4) is 0 Å². The van der Waals surface area contributed by atoms with Crippen molar-refractivity contribution in [2.75, 3.05) is 39.8 Å². The Balaban J connectivity index is 1.34. The van der Waals surface area contributed by atoms with Crippen LogP contribution in [0, 0.1) is 5.92 Å². The number of carbonyl (C=O) groups is 2. The van der Waals surface area contributed by atoms with Crippen molar-refractivity contribution < 1.29 is 14.3 Å². The van der Waals surface area contributed by atoms with Gasteiger partial charge in [-0.25, -0.2) is 0 Å². The fourth-order valence-electron chi connectivity index (χ4n) is 5.03. The first-order valence-corrected chi connectivity index (χ1v) is 12.0. The van der Waals surface area contributed by atoms with Crippen LogP contribution in [0.1, 0.15) is 41.7 Å². The highest BCUT2D eigenvalue weighted by atomic mass is 16.5. The van der Waals surface area contributed by atoms with Gasteiger partial charge >= 0.3 is 0 Å². The zero-order valence-corrected chi connectivity index (χ0v) is 19.4. The summed E-state index contributed by atoms with van der Waals surface area (Å²) in [5.74, 6) is 1.29. The molecule has 1 saturated carbocycles. The second-order valence-corrected chi connectivity index (χ2v) is 8.91. The van der Waals surface area contributed by atoms with Gasteiger partial charge in [0, 0.05) is 56.6 Å². The monoisotopic (exact) mass is 450 g/mol. The second-order valence-electron chi connectivity index (χ2n) is 8.91. The lowest BCUT2D eigenvalue weighted by Gasteiger charge is -2.40. The number of hydrogen-bond donors (Lipinski definition) is 1. The minimum absolute atomic E-state index is 0.0366. The summed E-state index contributed by atoms with van der Waals surface area (Å²) >= 11 is 0. The van der Waals surface area contributed by atoms with Crippen molar-refractivity contribution in [3.05, 3.63) is 59.9 Å². The maximum Gasteiger partial charge on any atom is 0.253 e. The van der Waals surface area contributed by atoms with Gasteiger partial charge in [-0.3, -0.25) is 19.5 Å². The van der Waals surface area contributed by atoms with Crippen LogP contribution in [0.15, 0.2) is 48.7 Å². The molecule has 2 amide bonds. The predicted molar refractivity (Wildman–Crippen MR) is 127 cm³/mol. The molecule has 1 aliphatic carbocycles. The summed E-state index contributed by atoms with van der Waals surface area (Å²) in [5.41, 5.74) is 1.66. The number of nitrogens with one attached hydrogen (secondary N) is 1. The maximum absolute atomic E-state index is 13.3. The molecule has 2 aromatic rings. The molecule has 2 heterocycles. The molecule has 4 rings (SSSR count). The Labute approximate surface area is 196 Å². The van der Waals surface area contributed by atoms with Gasteiger partial charge in [-0.2, -0.15) is 0 Å². The third-order valence-corrected chi connectivity index (χ3v) is 6.85. The fourth-order valence-corrected chi connectivity index (χ4v) is 5.03. The maximum atomic E-state index is 13.3. The van der Waals surface area contributed by atoms with E-state index in [4.69, 9.17) is 4.74 Å². The molecule has 1 aliphatic heterocycles. The molecule has 7 heteroatoms. The van der Waals surface area contributed by atoms with E-state index in [2.05, 4.69) is 15.2 Å². The first kappa shape index (κ1) is 23.2. The Kier molecular flexibility index (Phi) is 7.94. The summed E-state index contributed by atoms with van der Waals surface area (Å²) < 4.78 is 5.19. The van der Waals surface area contributed by atoms with Gasteiger partial charge in [0.15, 0.2) is 0 Å². The topological polar surface area (TPSA) is 74.8 Å². The lowest BCUT2D eigenvalue weighted by atomic mass is 9.95. The standard InChI is InChI=1S/C26H34N4O3/c1-33-23-11-9-21(10-12-23)26(32)30-18-16-29(17-19-30)24(20-6-2-3-7-20)25(31)28-15-13-22-8-4-5-14-27-22/h4-5,8-12,14,20,24H,2-3,6-7,13,15-19H2,1H3,(H,28,31). The molecule has 0 spiro atoms. The Bertz CT molecular complexity index is 905. The molecule has 2 aliphatic rings. The van der Waals surface area contributed by atoms with E-state index < -0.39 is 0 Å². The molecule has 1 unspecified atom stereocenters. The van der Waals surface area contributed by atoms with Gasteiger partial charge in [-0.15, -0.1) is 0 Å². The largest absolute Gasteiger partial charge is 0.497 e. The normalized spacial score (nSPS) is 18.2. The molecule has 1 N–H and O–H groups in total. The highest BCUT2D eigenvalue weighted by molar-refractivity contribution is 5.94. The molecule has 1 atom stereocenters. The number of amides is 2. The Hall–Kier alpha value is -2.93. The molecular formula is C26H34N4O3. The Morgan fingerprint density at radius 3 is 2.42 bits per heavy atom. The number of aromatic nitrogens is 1. The van der Waals surface area contributed by atoms with Crippen molar-refractivity contribution in [3.63, 3.8) is 0 Å². The SMILES string of the molecule is COc1ccc(C(=O)N2CCN(C(C(=O)NCCc3ccccn3)C3CCCC3)CC2)cc1. The van der Waals surface area contributed by atoms with Gasteiger partial charge in [0.2, 0.25) is 5.91 Å². The number of pyridine rings is 1. The summed E-state index contributed by atoms with van der Waals surface area (Å²) in [6, 6.07) is 13.0. The van der Waals surface area contributed by atoms with E-state index in [1.807, 2.05) is 47.4 Å². The fraction of sp³-hybridized carbons (Fsp3) is 0.500. The number of benzene rings is 1. The lowest BCUT2D eigenvalue weighted by molar-refractivity contribution is -0.129. The first-order chi connectivity index (χ1) is 16.2. The minimum atomic E-state index is -0.116. The number of ether oxygens (including phenoxy) is 1. The van der Waals surface area contributed by atoms with E-state index in [9.17, 15) is 9.59 Å². The lowest BCUT2D eigenvalue weighted by Crippen LogP contribution is -2.58. The number of carbonyl (C=O) groups excluding carboxylic acids is 2. The average molecular weight is 451 g/mol. The second kappa shape index (κ2) is 11.3. The van der Waals surface area contributed by atoms with Crippen LogP contribution in [0.25, 0.3) is 0 Å². The van der Waals surface area contributed by atoms with Crippen LogP contribution in [0.2, 0.25) is 0 Å². The predicted octanol–water partition coefficient (Wildman–Crippen LogP) is 2.77. The number of hydrogen-bond acceptors (Lipinski definition) is 5. The third kappa shape index (κ3) is 5.90. The van der Waals surface area contributed by atoms with Crippen LogP contribution < -0.4 is 10.1 Å². The molecule has 1 aromatic heterocycles. The minimum Gasteiger partial charge on any atom is -0.497 e. The molecule has 0 radical (unpaired) electrons. The van der Waals surface area contributed by atoms with Gasteiger partial charge in [0.1, 0.15) is 5.75 Å². The summed E-state index contributed by atoms with van der Waals surface area (Å²) in [6.07, 6.45) is 7.10. The van der Waals surface area contributed by atoms with Crippen molar-refractivity contribution in [1.82, 2.24) is 20.1 Å². The molecule has 7 nitrogen and oxygen atoms in total. The molecule has 1 aromatic carbocycles. The first-order valence-electron chi connectivity index (χ1n) is 12.0. The zero-order chi connectivity index (χ0) is 23.0. The summed E-state index contributed by atoms with van der Waals surface area (Å²) in [5, 5.41) is 3.16. The number of rotatable bonds is 8. The van der Waals surface area contributed by atoms with E-state index in [0.29, 0.717) is 31.1 Å². The van der Waals surface area contributed by atoms with Crippen molar-refractivity contribution in [2.45, 2.75) is 38.1 Å². The van der Waals surface area contributed by atoms with Crippen LogP contribution >= 0.6 is 0 Å². The van der Waals surface area contributed by atoms with Crippen LogP contribution in [0.5, 0.6) is 5.75 Å². The summed E-state index contributed by atoms with van der Waals surface area (Å²) in [4.78, 5) is 34.7. The molecule has 176 valence electrons. The van der Waals surface area contributed by atoms with Crippen LogP contribution in [0.4, 0.5) is 0 Å². The summed E-state index contributed by atoms with van der Waals surface area (Å²) in [6.45, 7) is 3.30. The zero-order valence-electron chi connectivity index (χ0n) is 19.4. The molecule has 1 saturated heterocycles. The van der Waals surface area contributed by atoms with Crippen molar-refractivity contribution in [1.29, 1.82) is 0 Å². The van der Waals surface area contributed by atoms with Gasteiger partial charge in [-0.05, 0) is 55.2 Å². The quantitative estimate of drug-likeness (QED) is 0.669. The number of piperazine rings is 1. The molecule has 33 heavy (non-hydrogen) atoms. The van der Waals surface area contributed by atoms with Gasteiger partial charge < -0.3 is 15.0 Å². The van der Waals surface area contributed by atoms with Crippen molar-refractivity contribution in [3.8, 4) is 5.75 Å². The Morgan fingerprint density at radius 2 is 1.79 bits per heavy atom. The van der Waals surface area contributed by atoms with E-state index in [1.54, 1.807) is 13.3 Å². The van der Waals surface area contributed by atoms with E-state index >= 15 is 0 Å². The van der Waals surface area contributed by atoms with Gasteiger partial charge in [0.25, 0.3) is 5.91 Å². The van der Waals surface area contributed by atoms with Gasteiger partial charge in [-0.1, -0.05) is 18.9 Å². The third-order valence-electron chi connectivity index (χ3n) is 6.85. The van der Waals surface area contributed by atoms with E-state index in [-0.39, 0.29) is 17.9 Å². The molecule has 0 bridgehead atoms. The highest BCUT2D eigenvalue weighted by Gasteiger charge is 2.37. The number of nitrogens with zero attached hydrogens (tertiary/aromatic N) is 3. The highest BCUT2D eigenvalue weighted by Crippen LogP contribution is 2.31. The van der Waals surface area contributed by atoms with Crippen molar-refractivity contribution in [2.24, 2.45) is 5.92 Å². The summed E-state index contributed by atoms with van der Waals surface area (Å²) in [7, 11) is 1.62. The van der Waals surface area contributed by atoms with Gasteiger partial charge in [0.05, 0.1) is 13.2 Å². The van der Waals surface area contributed by atoms with Crippen molar-refractivity contribution >= 4 is 11.8 Å². The molecule has 2 fully saturated rings. The number of methoxy groups -OCH3 is 1. The van der Waals surface area contributed by atoms with E-state index in [0.717, 1.165) is 43.8 Å². The molecular weight excluding hydrogens is 416 g/mol.